The lowest BCUT2D eigenvalue weighted by molar-refractivity contribution is -0.158. The monoisotopic (exact) mass is 585 g/mol. The number of imide groups is 1. The molecule has 3 atom stereocenters. The number of Topliss-reactive ketones (excluding diaryl/α,β-unsaturated/α-hetero) is 1. The molecule has 0 radical (unpaired) electrons. The number of esters is 1. The highest BCUT2D eigenvalue weighted by atomic mass is 16.6. The van der Waals surface area contributed by atoms with Crippen LogP contribution >= 0.6 is 0 Å². The molecule has 0 saturated carbocycles. The van der Waals surface area contributed by atoms with E-state index in [1.165, 1.54) is 13.0 Å². The predicted molar refractivity (Wildman–Crippen MR) is 159 cm³/mol. The lowest BCUT2D eigenvalue weighted by Gasteiger charge is -2.28. The van der Waals surface area contributed by atoms with Gasteiger partial charge in [0.25, 0.3) is 0 Å². The summed E-state index contributed by atoms with van der Waals surface area (Å²) >= 11 is 0. The van der Waals surface area contributed by atoms with Crippen molar-refractivity contribution in [1.29, 1.82) is 0 Å². The number of amides is 2. The molecule has 42 heavy (non-hydrogen) atoms. The second-order valence-corrected chi connectivity index (χ2v) is 11.5. The number of nitrogens with zero attached hydrogens (tertiary/aromatic N) is 1. The van der Waals surface area contributed by atoms with Gasteiger partial charge in [-0.2, -0.15) is 0 Å². The zero-order chi connectivity index (χ0) is 31.2. The molecule has 2 rings (SSSR count). The van der Waals surface area contributed by atoms with Crippen LogP contribution in [0.2, 0.25) is 0 Å². The van der Waals surface area contributed by atoms with Crippen molar-refractivity contribution < 1.29 is 38.6 Å². The van der Waals surface area contributed by atoms with Crippen molar-refractivity contribution in [1.82, 2.24) is 4.90 Å². The van der Waals surface area contributed by atoms with Gasteiger partial charge in [-0.1, -0.05) is 82.2 Å². The fraction of sp³-hybridized carbons (Fsp3) is 0.606. The van der Waals surface area contributed by atoms with Crippen LogP contribution < -0.4 is 0 Å². The van der Waals surface area contributed by atoms with Crippen LogP contribution in [-0.4, -0.2) is 64.9 Å². The van der Waals surface area contributed by atoms with Gasteiger partial charge in [0, 0.05) is 25.5 Å². The number of allylic oxidation sites excluding steroid dienone is 1. The smallest absolute Gasteiger partial charge is 0.416 e. The minimum atomic E-state index is -1.52. The Morgan fingerprint density at radius 1 is 1.02 bits per heavy atom. The molecular weight excluding hydrogens is 538 g/mol. The summed E-state index contributed by atoms with van der Waals surface area (Å²) in [6, 6.07) is 6.75. The molecule has 1 N–H and O–H groups in total. The van der Waals surface area contributed by atoms with Crippen LogP contribution in [0.15, 0.2) is 30.3 Å². The van der Waals surface area contributed by atoms with Crippen LogP contribution in [-0.2, 0) is 28.7 Å². The Balaban J connectivity index is 2.23. The van der Waals surface area contributed by atoms with E-state index >= 15 is 0 Å². The van der Waals surface area contributed by atoms with Gasteiger partial charge in [-0.15, -0.1) is 0 Å². The molecule has 0 aliphatic carbocycles. The molecule has 1 aliphatic heterocycles. The third-order valence-electron chi connectivity index (χ3n) is 7.56. The van der Waals surface area contributed by atoms with Crippen LogP contribution in [0.4, 0.5) is 4.79 Å². The maximum atomic E-state index is 13.6. The van der Waals surface area contributed by atoms with Crippen molar-refractivity contribution in [3.8, 4) is 0 Å². The number of rotatable bonds is 18. The fourth-order valence-corrected chi connectivity index (χ4v) is 5.07. The molecule has 1 aliphatic rings. The van der Waals surface area contributed by atoms with E-state index in [0.29, 0.717) is 12.0 Å². The summed E-state index contributed by atoms with van der Waals surface area (Å²) in [4.78, 5) is 65.8. The number of benzene rings is 1. The number of aliphatic hydroxyl groups excluding tert-OH is 1. The van der Waals surface area contributed by atoms with Crippen molar-refractivity contribution in [2.45, 2.75) is 105 Å². The molecule has 232 valence electrons. The van der Waals surface area contributed by atoms with E-state index in [-0.39, 0.29) is 36.9 Å². The van der Waals surface area contributed by atoms with Crippen LogP contribution in [0.25, 0.3) is 5.57 Å². The van der Waals surface area contributed by atoms with E-state index in [9.17, 15) is 24.0 Å². The second-order valence-electron chi connectivity index (χ2n) is 11.5. The van der Waals surface area contributed by atoms with Crippen LogP contribution in [0.1, 0.15) is 96.6 Å². The van der Waals surface area contributed by atoms with Gasteiger partial charge in [0.2, 0.25) is 5.91 Å². The average Bonchev–Trinajstić information content (AvgIpc) is 3.34. The van der Waals surface area contributed by atoms with Gasteiger partial charge in [0.05, 0.1) is 12.0 Å². The molecule has 2 amide bonds. The molecule has 1 aromatic carbocycles. The zero-order valence-electron chi connectivity index (χ0n) is 25.7. The summed E-state index contributed by atoms with van der Waals surface area (Å²) in [7, 11) is 0. The summed E-state index contributed by atoms with van der Waals surface area (Å²) in [5.74, 6) is -3.61. The Morgan fingerprint density at radius 2 is 1.64 bits per heavy atom. The third kappa shape index (κ3) is 10.5. The van der Waals surface area contributed by atoms with Gasteiger partial charge in [0.1, 0.15) is 6.61 Å². The first-order valence-corrected chi connectivity index (χ1v) is 15.1. The lowest BCUT2D eigenvalue weighted by Crippen LogP contribution is -2.48. The minimum absolute atomic E-state index is 0.0523. The molecular formula is C33H47NO8. The molecule has 1 aromatic rings. The zero-order valence-corrected chi connectivity index (χ0v) is 25.7. The lowest BCUT2D eigenvalue weighted by atomic mass is 9.91. The number of cyclic esters (lactones) is 1. The number of ketones is 2. The largest absolute Gasteiger partial charge is 0.453 e. The summed E-state index contributed by atoms with van der Waals surface area (Å²) < 4.78 is 10.4. The van der Waals surface area contributed by atoms with Crippen molar-refractivity contribution in [2.24, 2.45) is 11.8 Å². The number of ether oxygens (including phenoxy) is 2. The molecule has 9 nitrogen and oxygen atoms in total. The highest BCUT2D eigenvalue weighted by Crippen LogP contribution is 2.26. The highest BCUT2D eigenvalue weighted by Gasteiger charge is 2.44. The standard InChI is InChI=1S/C33H47NO8/c1-22(2)28-21-41-33(40)34(28)32(39)24(4)31(42-25(5)36)30(38)20-27(26-16-14-15-23(3)19-26)29(37)17-12-10-8-6-7-9-11-13-18-35/h14-16,19-20,22,24,28,31,35H,6-13,17-18,21H2,1-5H3. The minimum Gasteiger partial charge on any atom is -0.453 e. The summed E-state index contributed by atoms with van der Waals surface area (Å²) in [5, 5.41) is 8.88. The summed E-state index contributed by atoms with van der Waals surface area (Å²) in [6.45, 7) is 8.45. The fourth-order valence-electron chi connectivity index (χ4n) is 5.07. The maximum Gasteiger partial charge on any atom is 0.416 e. The number of carbonyl (C=O) groups excluding carboxylic acids is 5. The van der Waals surface area contributed by atoms with Crippen molar-refractivity contribution in [2.75, 3.05) is 13.2 Å². The molecule has 1 saturated heterocycles. The van der Waals surface area contributed by atoms with E-state index in [1.807, 2.05) is 32.9 Å². The molecule has 0 aromatic heterocycles. The average molecular weight is 586 g/mol. The number of hydrogen-bond acceptors (Lipinski definition) is 8. The van der Waals surface area contributed by atoms with Crippen LogP contribution in [0.3, 0.4) is 0 Å². The Hall–Kier alpha value is -3.33. The third-order valence-corrected chi connectivity index (χ3v) is 7.56. The van der Waals surface area contributed by atoms with E-state index in [2.05, 4.69) is 0 Å². The SMILES string of the molecule is CC(=O)OC(C(=O)C=C(C(=O)CCCCCCCCCCO)c1cccc(C)c1)C(C)C(=O)N1C(=O)OCC1C(C)C. The van der Waals surface area contributed by atoms with E-state index < -0.39 is 41.8 Å². The van der Waals surface area contributed by atoms with Crippen molar-refractivity contribution >= 4 is 35.1 Å². The van der Waals surface area contributed by atoms with Gasteiger partial charge < -0.3 is 14.6 Å². The Labute approximate surface area is 249 Å². The van der Waals surface area contributed by atoms with E-state index in [1.54, 1.807) is 12.1 Å². The van der Waals surface area contributed by atoms with Gasteiger partial charge in [0.15, 0.2) is 17.7 Å². The Morgan fingerprint density at radius 3 is 2.21 bits per heavy atom. The maximum absolute atomic E-state index is 13.6. The van der Waals surface area contributed by atoms with Gasteiger partial charge in [-0.05, 0) is 44.2 Å². The van der Waals surface area contributed by atoms with Gasteiger partial charge in [-0.3, -0.25) is 19.2 Å². The number of aliphatic hydroxyl groups is 1. The molecule has 9 heteroatoms. The number of hydrogen-bond donors (Lipinski definition) is 1. The predicted octanol–water partition coefficient (Wildman–Crippen LogP) is 5.59. The van der Waals surface area contributed by atoms with Crippen LogP contribution in [0.5, 0.6) is 0 Å². The number of aryl methyl sites for hydroxylation is 1. The molecule has 1 heterocycles. The Bertz CT molecular complexity index is 1120. The molecule has 0 bridgehead atoms. The van der Waals surface area contributed by atoms with Crippen molar-refractivity contribution in [3.63, 3.8) is 0 Å². The Kier molecular flexibility index (Phi) is 14.6. The van der Waals surface area contributed by atoms with E-state index in [0.717, 1.165) is 62.3 Å². The van der Waals surface area contributed by atoms with Crippen LogP contribution in [0, 0.1) is 18.8 Å². The molecule has 3 unspecified atom stereocenters. The highest BCUT2D eigenvalue weighted by molar-refractivity contribution is 6.25. The van der Waals surface area contributed by atoms with Gasteiger partial charge in [-0.25, -0.2) is 9.69 Å². The van der Waals surface area contributed by atoms with Gasteiger partial charge >= 0.3 is 12.1 Å². The van der Waals surface area contributed by atoms with E-state index in [4.69, 9.17) is 14.6 Å². The van der Waals surface area contributed by atoms with Crippen molar-refractivity contribution in [3.05, 3.63) is 41.5 Å². The topological polar surface area (TPSA) is 127 Å². The molecule has 1 fully saturated rings. The normalized spacial score (nSPS) is 16.7. The number of carbonyl (C=O) groups is 5. The summed E-state index contributed by atoms with van der Waals surface area (Å²) in [5.41, 5.74) is 1.68. The second kappa shape index (κ2) is 17.6. The quantitative estimate of drug-likeness (QED) is 0.134. The number of unbranched alkanes of at least 4 members (excludes halogenated alkanes) is 7. The summed E-state index contributed by atoms with van der Waals surface area (Å²) in [6.07, 6.45) is 6.76. The first kappa shape index (κ1) is 34.9. The first-order chi connectivity index (χ1) is 20.0. The first-order valence-electron chi connectivity index (χ1n) is 15.1. The molecule has 0 spiro atoms.